The molecule has 0 aliphatic heterocycles. The van der Waals surface area contributed by atoms with Gasteiger partial charge in [0.25, 0.3) is 0 Å². The predicted molar refractivity (Wildman–Crippen MR) is 58.0 cm³/mol. The van der Waals surface area contributed by atoms with Gasteiger partial charge in [0.1, 0.15) is 6.61 Å². The molecule has 0 amide bonds. The van der Waals surface area contributed by atoms with Gasteiger partial charge in [-0.3, -0.25) is 4.79 Å². The maximum atomic E-state index is 11.2. The van der Waals surface area contributed by atoms with Crippen molar-refractivity contribution in [3.63, 3.8) is 0 Å². The Morgan fingerprint density at radius 1 is 1.46 bits per heavy atom. The van der Waals surface area contributed by atoms with Crippen LogP contribution in [0.15, 0.2) is 0 Å². The van der Waals surface area contributed by atoms with Crippen LogP contribution in [0.4, 0.5) is 0 Å². The van der Waals surface area contributed by atoms with Crippen LogP contribution in [0.1, 0.15) is 40.5 Å². The Balaban J connectivity index is 3.53. The zero-order valence-electron chi connectivity index (χ0n) is 8.89. The van der Waals surface area contributed by atoms with E-state index in [0.717, 1.165) is 6.42 Å². The molecular weight excluding hydrogens is 232 g/mol. The van der Waals surface area contributed by atoms with Gasteiger partial charge in [0.2, 0.25) is 0 Å². The average Bonchev–Trinajstić information content (AvgIpc) is 1.95. The highest BCUT2D eigenvalue weighted by Gasteiger charge is 2.15. The molecule has 0 heterocycles. The molecule has 2 nitrogen and oxygen atoms in total. The van der Waals surface area contributed by atoms with Crippen LogP contribution in [0.25, 0.3) is 0 Å². The molecular formula is C10H19BrO2. The summed E-state index contributed by atoms with van der Waals surface area (Å²) in [6, 6.07) is 0. The highest BCUT2D eigenvalue weighted by Crippen LogP contribution is 2.16. The van der Waals surface area contributed by atoms with Gasteiger partial charge in [0.05, 0.1) is 4.32 Å². The maximum Gasteiger partial charge on any atom is 0.305 e. The van der Waals surface area contributed by atoms with Crippen LogP contribution in [-0.2, 0) is 9.53 Å². The Hall–Kier alpha value is -0.0500. The lowest BCUT2D eigenvalue weighted by atomic mass is 10.1. The first-order chi connectivity index (χ1) is 5.81. The first kappa shape index (κ1) is 12.9. The summed E-state index contributed by atoms with van der Waals surface area (Å²) >= 11 is 3.41. The lowest BCUT2D eigenvalue weighted by molar-refractivity contribution is -0.144. The van der Waals surface area contributed by atoms with Crippen LogP contribution in [0.3, 0.4) is 0 Å². The van der Waals surface area contributed by atoms with E-state index in [4.69, 9.17) is 4.74 Å². The van der Waals surface area contributed by atoms with E-state index in [0.29, 0.717) is 18.9 Å². The highest BCUT2D eigenvalue weighted by molar-refractivity contribution is 9.10. The van der Waals surface area contributed by atoms with Crippen LogP contribution >= 0.6 is 15.9 Å². The molecule has 0 aliphatic rings. The van der Waals surface area contributed by atoms with E-state index >= 15 is 0 Å². The molecule has 13 heavy (non-hydrogen) atoms. The van der Waals surface area contributed by atoms with Crippen molar-refractivity contribution in [2.45, 2.75) is 44.9 Å². The van der Waals surface area contributed by atoms with Gasteiger partial charge in [-0.25, -0.2) is 0 Å². The van der Waals surface area contributed by atoms with E-state index in [2.05, 4.69) is 29.8 Å². The molecule has 0 saturated carbocycles. The van der Waals surface area contributed by atoms with Crippen molar-refractivity contribution >= 4 is 21.9 Å². The summed E-state index contributed by atoms with van der Waals surface area (Å²) in [6.07, 6.45) is 1.43. The number of hydrogen-bond donors (Lipinski definition) is 0. The first-order valence-corrected chi connectivity index (χ1v) is 5.45. The third-order valence-corrected chi connectivity index (χ3v) is 1.73. The monoisotopic (exact) mass is 250 g/mol. The topological polar surface area (TPSA) is 26.3 Å². The molecule has 0 fully saturated rings. The van der Waals surface area contributed by atoms with Crippen molar-refractivity contribution < 1.29 is 9.53 Å². The number of rotatable bonds is 5. The molecule has 0 aliphatic carbocycles. The number of carbonyl (C=O) groups is 1. The summed E-state index contributed by atoms with van der Waals surface area (Å²) in [6.45, 7) is 8.58. The molecule has 0 unspecified atom stereocenters. The number of hydrogen-bond acceptors (Lipinski definition) is 2. The van der Waals surface area contributed by atoms with Gasteiger partial charge in [0, 0.05) is 6.42 Å². The van der Waals surface area contributed by atoms with Gasteiger partial charge in [-0.15, -0.1) is 0 Å². The molecule has 0 rings (SSSR count). The fourth-order valence-corrected chi connectivity index (χ4v) is 0.845. The zero-order valence-corrected chi connectivity index (χ0v) is 10.5. The zero-order chi connectivity index (χ0) is 10.5. The molecule has 0 aromatic carbocycles. The van der Waals surface area contributed by atoms with Gasteiger partial charge in [-0.1, -0.05) is 29.8 Å². The van der Waals surface area contributed by atoms with Crippen molar-refractivity contribution in [3.05, 3.63) is 0 Å². The minimum absolute atomic E-state index is 0.0961. The summed E-state index contributed by atoms with van der Waals surface area (Å²) in [5.41, 5.74) is 0. The number of alkyl halides is 1. The van der Waals surface area contributed by atoms with Gasteiger partial charge < -0.3 is 4.74 Å². The van der Waals surface area contributed by atoms with E-state index in [1.165, 1.54) is 0 Å². The quantitative estimate of drug-likeness (QED) is 0.554. The molecule has 0 bridgehead atoms. The van der Waals surface area contributed by atoms with E-state index < -0.39 is 0 Å². The highest BCUT2D eigenvalue weighted by atomic mass is 79.9. The fourth-order valence-electron chi connectivity index (χ4n) is 0.731. The smallest absolute Gasteiger partial charge is 0.305 e. The molecule has 0 atom stereocenters. The molecule has 3 heteroatoms. The Kier molecular flexibility index (Phi) is 5.61. The van der Waals surface area contributed by atoms with Crippen LogP contribution in [0.2, 0.25) is 0 Å². The van der Waals surface area contributed by atoms with Crippen molar-refractivity contribution in [3.8, 4) is 0 Å². The largest absolute Gasteiger partial charge is 0.464 e. The summed E-state index contributed by atoms with van der Waals surface area (Å²) < 4.78 is 4.96. The van der Waals surface area contributed by atoms with Crippen LogP contribution in [0, 0.1) is 5.92 Å². The molecule has 0 saturated heterocycles. The summed E-state index contributed by atoms with van der Waals surface area (Å²) in [5, 5.41) is 0. The van der Waals surface area contributed by atoms with Crippen molar-refractivity contribution in [1.82, 2.24) is 0 Å². The van der Waals surface area contributed by atoms with Gasteiger partial charge in [-0.2, -0.15) is 0 Å². The molecule has 78 valence electrons. The SMILES string of the molecule is CC(C)CCC(=O)OCC(C)(C)Br. The van der Waals surface area contributed by atoms with Crippen LogP contribution < -0.4 is 0 Å². The minimum atomic E-state index is -0.111. The van der Waals surface area contributed by atoms with Gasteiger partial charge in [0.15, 0.2) is 0 Å². The Labute approximate surface area is 89.2 Å². The summed E-state index contributed by atoms with van der Waals surface area (Å²) in [4.78, 5) is 11.2. The van der Waals surface area contributed by atoms with Gasteiger partial charge >= 0.3 is 5.97 Å². The van der Waals surface area contributed by atoms with Crippen LogP contribution in [0.5, 0.6) is 0 Å². The molecule has 0 N–H and O–H groups in total. The van der Waals surface area contributed by atoms with E-state index in [1.54, 1.807) is 0 Å². The van der Waals surface area contributed by atoms with E-state index in [1.807, 2.05) is 13.8 Å². The number of halogens is 1. The number of carbonyl (C=O) groups excluding carboxylic acids is 1. The third-order valence-electron chi connectivity index (χ3n) is 1.50. The normalized spacial score (nSPS) is 11.8. The lowest BCUT2D eigenvalue weighted by Gasteiger charge is -2.16. The minimum Gasteiger partial charge on any atom is -0.464 e. The third kappa shape index (κ3) is 9.87. The van der Waals surface area contributed by atoms with E-state index in [-0.39, 0.29) is 10.3 Å². The summed E-state index contributed by atoms with van der Waals surface area (Å²) in [5.74, 6) is 0.464. The fraction of sp³-hybridized carbons (Fsp3) is 0.900. The Morgan fingerprint density at radius 3 is 2.38 bits per heavy atom. The van der Waals surface area contributed by atoms with E-state index in [9.17, 15) is 4.79 Å². The summed E-state index contributed by atoms with van der Waals surface area (Å²) in [7, 11) is 0. The van der Waals surface area contributed by atoms with Crippen LogP contribution in [-0.4, -0.2) is 16.9 Å². The Bertz CT molecular complexity index is 159. The maximum absolute atomic E-state index is 11.2. The van der Waals surface area contributed by atoms with Crippen molar-refractivity contribution in [2.24, 2.45) is 5.92 Å². The molecule has 0 aromatic heterocycles. The van der Waals surface area contributed by atoms with Crippen molar-refractivity contribution in [2.75, 3.05) is 6.61 Å². The second-order valence-electron chi connectivity index (χ2n) is 4.31. The first-order valence-electron chi connectivity index (χ1n) is 4.66. The average molecular weight is 251 g/mol. The molecule has 0 aromatic rings. The second-order valence-corrected chi connectivity index (χ2v) is 6.46. The predicted octanol–water partition coefficient (Wildman–Crippen LogP) is 3.14. The standard InChI is InChI=1S/C10H19BrO2/c1-8(2)5-6-9(12)13-7-10(3,4)11/h8H,5-7H2,1-4H3. The number of ether oxygens (including phenoxy) is 1. The Morgan fingerprint density at radius 2 is 2.00 bits per heavy atom. The molecule has 0 spiro atoms. The second kappa shape index (κ2) is 5.63. The van der Waals surface area contributed by atoms with Gasteiger partial charge in [-0.05, 0) is 26.2 Å². The lowest BCUT2D eigenvalue weighted by Crippen LogP contribution is -2.21. The number of esters is 1. The van der Waals surface area contributed by atoms with Crippen molar-refractivity contribution in [1.29, 1.82) is 0 Å². The molecule has 0 radical (unpaired) electrons.